The third-order valence-electron chi connectivity index (χ3n) is 7.36. The van der Waals surface area contributed by atoms with E-state index in [9.17, 15) is 0 Å². The smallest absolute Gasteiger partial charge is 0.117 e. The van der Waals surface area contributed by atoms with E-state index in [1.807, 2.05) is 12.1 Å². The third kappa shape index (κ3) is 7.43. The number of hydrogen-bond acceptors (Lipinski definition) is 4. The zero-order valence-corrected chi connectivity index (χ0v) is 29.3. The fourth-order valence-corrected chi connectivity index (χ4v) is 7.63. The Balaban J connectivity index is 0.975. The number of halogens is 2. The third-order valence-corrected chi connectivity index (χ3v) is 10.7. The van der Waals surface area contributed by atoms with Crippen LogP contribution < -0.4 is 0 Å². The summed E-state index contributed by atoms with van der Waals surface area (Å²) in [5.74, 6) is 0. The normalized spacial score (nSPS) is 12.2. The van der Waals surface area contributed by atoms with E-state index in [0.29, 0.717) is 0 Å². The molecule has 6 heteroatoms. The van der Waals surface area contributed by atoms with Crippen molar-refractivity contribution in [3.63, 3.8) is 0 Å². The number of rotatable bonds is 8. The summed E-state index contributed by atoms with van der Waals surface area (Å²) in [6, 6.07) is 37.8. The molecule has 0 amide bonds. The summed E-state index contributed by atoms with van der Waals surface area (Å²) in [6.07, 6.45) is 16.9. The molecule has 0 unspecified atom stereocenters. The van der Waals surface area contributed by atoms with Crippen LogP contribution in [0.25, 0.3) is 69.0 Å². The fraction of sp³-hybridized carbons (Fsp3) is 0. The van der Waals surface area contributed by atoms with E-state index in [4.69, 9.17) is 0 Å². The minimum Gasteiger partial charge on any atom is -0.237 e. The van der Waals surface area contributed by atoms with Crippen molar-refractivity contribution in [2.45, 2.75) is 0 Å². The molecule has 0 saturated carbocycles. The van der Waals surface area contributed by atoms with Gasteiger partial charge in [0.15, 0.2) is 0 Å². The van der Waals surface area contributed by atoms with E-state index in [1.165, 1.54) is 9.40 Å². The molecule has 0 N–H and O–H groups in total. The molecule has 7 aromatic rings. The molecule has 0 aliphatic carbocycles. The minimum atomic E-state index is 1.02. The summed E-state index contributed by atoms with van der Waals surface area (Å²) >= 11 is 11.0. The largest absolute Gasteiger partial charge is 0.237 e. The number of nitrogens with zero attached hydrogens (tertiary/aromatic N) is 2. The van der Waals surface area contributed by atoms with E-state index < -0.39 is 0 Å². The Morgan fingerprint density at radius 3 is 1.13 bits per heavy atom. The van der Waals surface area contributed by atoms with Crippen molar-refractivity contribution in [2.24, 2.45) is 0 Å². The summed E-state index contributed by atoms with van der Waals surface area (Å²) in [5, 5.41) is 2.03. The van der Waals surface area contributed by atoms with Crippen LogP contribution in [-0.2, 0) is 0 Å². The maximum atomic E-state index is 4.68. The van der Waals surface area contributed by atoms with Gasteiger partial charge in [0, 0.05) is 8.95 Å². The molecule has 2 heterocycles. The number of thiazole rings is 2. The van der Waals surface area contributed by atoms with Crippen LogP contribution in [0, 0.1) is 0 Å². The lowest BCUT2D eigenvalue weighted by molar-refractivity contribution is 1.46. The Morgan fingerprint density at radius 1 is 0.413 bits per heavy atom. The topological polar surface area (TPSA) is 25.8 Å². The zero-order valence-electron chi connectivity index (χ0n) is 24.5. The van der Waals surface area contributed by atoms with Crippen molar-refractivity contribution in [3.8, 4) is 0 Å². The Kier molecular flexibility index (Phi) is 9.31. The fourth-order valence-electron chi connectivity index (χ4n) is 4.90. The lowest BCUT2D eigenvalue weighted by Gasteiger charge is -2.05. The number of fused-ring (bicyclic) bond motifs is 2. The van der Waals surface area contributed by atoms with E-state index in [1.54, 1.807) is 22.7 Å². The molecule has 0 fully saturated rings. The van der Waals surface area contributed by atoms with Crippen LogP contribution in [0.15, 0.2) is 118 Å². The van der Waals surface area contributed by atoms with E-state index in [-0.39, 0.29) is 0 Å². The quantitative estimate of drug-likeness (QED) is 0.144. The zero-order chi connectivity index (χ0) is 31.3. The minimum absolute atomic E-state index is 1.02. The monoisotopic (exact) mass is 756 g/mol. The van der Waals surface area contributed by atoms with Crippen LogP contribution in [-0.4, -0.2) is 9.97 Å². The van der Waals surface area contributed by atoms with Crippen LogP contribution in [0.5, 0.6) is 0 Å². The Morgan fingerprint density at radius 2 is 0.761 bits per heavy atom. The van der Waals surface area contributed by atoms with Gasteiger partial charge in [0.2, 0.25) is 0 Å². The maximum Gasteiger partial charge on any atom is 0.117 e. The van der Waals surface area contributed by atoms with Gasteiger partial charge in [0.05, 0.1) is 20.4 Å². The van der Waals surface area contributed by atoms with Gasteiger partial charge in [0.1, 0.15) is 10.0 Å². The molecule has 2 nitrogen and oxygen atoms in total. The number of aromatic nitrogens is 2. The van der Waals surface area contributed by atoms with Gasteiger partial charge in [-0.2, -0.15) is 0 Å². The highest BCUT2D eigenvalue weighted by atomic mass is 79.9. The average molecular weight is 759 g/mol. The van der Waals surface area contributed by atoms with Crippen LogP contribution >= 0.6 is 54.5 Å². The molecular weight excluding hydrogens is 732 g/mol. The van der Waals surface area contributed by atoms with Gasteiger partial charge in [-0.3, -0.25) is 0 Å². The number of benzene rings is 5. The molecule has 0 bridgehead atoms. The lowest BCUT2D eigenvalue weighted by atomic mass is 10.1. The first-order valence-corrected chi connectivity index (χ1v) is 17.9. The maximum absolute atomic E-state index is 4.68. The second-order valence-corrected chi connectivity index (χ2v) is 14.4. The Bertz CT molecular complexity index is 2040. The highest BCUT2D eigenvalue weighted by Crippen LogP contribution is 2.30. The van der Waals surface area contributed by atoms with Crippen LogP contribution in [0.1, 0.15) is 43.4 Å². The molecule has 0 saturated heterocycles. The van der Waals surface area contributed by atoms with Gasteiger partial charge in [-0.25, -0.2) is 9.97 Å². The summed E-state index contributed by atoms with van der Waals surface area (Å²) in [5.41, 5.74) is 8.88. The van der Waals surface area contributed by atoms with Crippen LogP contribution in [0.4, 0.5) is 0 Å². The summed E-state index contributed by atoms with van der Waals surface area (Å²) in [6.45, 7) is 0. The highest BCUT2D eigenvalue weighted by Gasteiger charge is 2.04. The van der Waals surface area contributed by atoms with E-state index in [2.05, 4.69) is 187 Å². The molecule has 0 spiro atoms. The Labute approximate surface area is 293 Å². The van der Waals surface area contributed by atoms with Crippen LogP contribution in [0.2, 0.25) is 0 Å². The van der Waals surface area contributed by atoms with Gasteiger partial charge < -0.3 is 0 Å². The first-order valence-electron chi connectivity index (χ1n) is 14.7. The molecule has 222 valence electrons. The summed E-state index contributed by atoms with van der Waals surface area (Å²) < 4.78 is 4.50. The predicted molar refractivity (Wildman–Crippen MR) is 210 cm³/mol. The predicted octanol–water partition coefficient (Wildman–Crippen LogP) is 13.1. The summed E-state index contributed by atoms with van der Waals surface area (Å²) in [7, 11) is 0. The first kappa shape index (κ1) is 30.5. The molecule has 0 aliphatic rings. The average Bonchev–Trinajstić information content (AvgIpc) is 3.70. The number of para-hydroxylation sites is 2. The molecule has 5 aromatic carbocycles. The van der Waals surface area contributed by atoms with Crippen molar-refractivity contribution in [1.82, 2.24) is 9.97 Å². The number of hydrogen-bond donors (Lipinski definition) is 0. The second-order valence-electron chi connectivity index (χ2n) is 10.6. The van der Waals surface area contributed by atoms with E-state index >= 15 is 0 Å². The van der Waals surface area contributed by atoms with Crippen LogP contribution in [0.3, 0.4) is 0 Å². The van der Waals surface area contributed by atoms with E-state index in [0.717, 1.165) is 63.4 Å². The SMILES string of the molecule is Brc1cc(/C=C/c2ccc(/C=C/c3nc4ccccc4s3)cc2)c(Br)cc1/C=C/c1ccc(/C=C/c2nc3ccccc3s2)cc1. The van der Waals surface area contributed by atoms with Crippen molar-refractivity contribution in [1.29, 1.82) is 0 Å². The van der Waals surface area contributed by atoms with Crippen molar-refractivity contribution in [2.75, 3.05) is 0 Å². The van der Waals surface area contributed by atoms with Gasteiger partial charge in [-0.15, -0.1) is 22.7 Å². The van der Waals surface area contributed by atoms with Crippen molar-refractivity contribution < 1.29 is 0 Å². The van der Waals surface area contributed by atoms with Gasteiger partial charge in [-0.1, -0.05) is 141 Å². The van der Waals surface area contributed by atoms with Crippen molar-refractivity contribution in [3.05, 3.63) is 162 Å². The molecule has 0 aliphatic heterocycles. The standard InChI is InChI=1S/C40H26Br2N2S2/c41-33-26-32(22-18-28-11-15-30(16-12-28)20-24-40-44-36-6-2-4-8-38(36)46-40)34(42)25-31(33)21-17-27-9-13-29(14-10-27)19-23-39-43-35-5-1-3-7-37(35)45-39/h1-26H/b21-17+,22-18+,23-19+,24-20+. The molecule has 0 radical (unpaired) electrons. The second kappa shape index (κ2) is 14.1. The first-order chi connectivity index (χ1) is 22.6. The summed E-state index contributed by atoms with van der Waals surface area (Å²) in [4.78, 5) is 9.37. The Hall–Kier alpha value is -4.20. The molecule has 46 heavy (non-hydrogen) atoms. The molecule has 7 rings (SSSR count). The highest BCUT2D eigenvalue weighted by molar-refractivity contribution is 9.11. The molecule has 0 atom stereocenters. The van der Waals surface area contributed by atoms with Gasteiger partial charge in [-0.05, 0) is 81.9 Å². The van der Waals surface area contributed by atoms with Gasteiger partial charge >= 0.3 is 0 Å². The lowest BCUT2D eigenvalue weighted by Crippen LogP contribution is -1.83. The van der Waals surface area contributed by atoms with Crippen molar-refractivity contribution >= 4 is 124 Å². The molecular formula is C40H26Br2N2S2. The molecule has 2 aromatic heterocycles. The van der Waals surface area contributed by atoms with Gasteiger partial charge in [0.25, 0.3) is 0 Å².